The summed E-state index contributed by atoms with van der Waals surface area (Å²) in [6.45, 7) is 5.67. The fourth-order valence-electron chi connectivity index (χ4n) is 2.92. The summed E-state index contributed by atoms with van der Waals surface area (Å²) in [5.74, 6) is -0.400. The maximum Gasteiger partial charge on any atom is 0.221 e. The van der Waals surface area contributed by atoms with Crippen molar-refractivity contribution in [2.75, 3.05) is 25.4 Å². The van der Waals surface area contributed by atoms with Crippen molar-refractivity contribution in [3.05, 3.63) is 64.6 Å². The van der Waals surface area contributed by atoms with Gasteiger partial charge in [-0.3, -0.25) is 4.79 Å². The first kappa shape index (κ1) is 22.6. The maximum atomic E-state index is 12.3. The number of hydrogen-bond acceptors (Lipinski definition) is 3. The minimum atomic E-state index is -3.44. The molecule has 2 N–H and O–H groups in total. The zero-order valence-electron chi connectivity index (χ0n) is 16.2. The molecule has 0 spiro atoms. The molecule has 7 heteroatoms. The van der Waals surface area contributed by atoms with Gasteiger partial charge in [0.15, 0.2) is 9.84 Å². The van der Waals surface area contributed by atoms with Gasteiger partial charge >= 0.3 is 0 Å². The molecule has 0 radical (unpaired) electrons. The summed E-state index contributed by atoms with van der Waals surface area (Å²) in [6, 6.07) is 16.8. The van der Waals surface area contributed by atoms with E-state index < -0.39 is 9.84 Å². The van der Waals surface area contributed by atoms with E-state index in [1.807, 2.05) is 18.2 Å². The van der Waals surface area contributed by atoms with Crippen LogP contribution in [0.5, 0.6) is 0 Å². The Morgan fingerprint density at radius 1 is 1.07 bits per heavy atom. The van der Waals surface area contributed by atoms with E-state index in [0.29, 0.717) is 6.54 Å². The number of rotatable bonds is 11. The molecule has 0 aliphatic rings. The highest BCUT2D eigenvalue weighted by Gasteiger charge is 2.16. The molecule has 0 bridgehead atoms. The number of amides is 1. The molecule has 2 rings (SSSR count). The molecule has 0 aromatic heterocycles. The molecule has 0 aliphatic carbocycles. The first-order chi connectivity index (χ1) is 13.4. The van der Waals surface area contributed by atoms with Crippen LogP contribution in [0.3, 0.4) is 0 Å². The Bertz CT molecular complexity index is 840. The Balaban J connectivity index is 1.68. The molecule has 2 aromatic carbocycles. The summed E-state index contributed by atoms with van der Waals surface area (Å²) in [4.78, 5) is 13.7. The quantitative estimate of drug-likeness (QED) is 0.497. The topological polar surface area (TPSA) is 67.7 Å². The normalized spacial score (nSPS) is 12.5. The molecule has 0 saturated carbocycles. The molecule has 0 fully saturated rings. The molecular weight excluding hydrogens is 440 g/mol. The minimum absolute atomic E-state index is 0.0211. The van der Waals surface area contributed by atoms with Gasteiger partial charge in [0.05, 0.1) is 23.7 Å². The van der Waals surface area contributed by atoms with Crippen molar-refractivity contribution in [1.29, 1.82) is 0 Å². The Morgan fingerprint density at radius 3 is 2.39 bits per heavy atom. The van der Waals surface area contributed by atoms with E-state index in [0.717, 1.165) is 30.5 Å². The smallest absolute Gasteiger partial charge is 0.221 e. The van der Waals surface area contributed by atoms with Gasteiger partial charge in [0.1, 0.15) is 6.54 Å². The predicted octanol–water partition coefficient (Wildman–Crippen LogP) is 2.22. The van der Waals surface area contributed by atoms with E-state index in [2.05, 4.69) is 40.3 Å². The van der Waals surface area contributed by atoms with Crippen molar-refractivity contribution < 1.29 is 18.1 Å². The number of carbonyl (C=O) groups is 1. The number of carbonyl (C=O) groups excluding carboxylic acids is 1. The van der Waals surface area contributed by atoms with Crippen molar-refractivity contribution in [2.24, 2.45) is 0 Å². The lowest BCUT2D eigenvalue weighted by molar-refractivity contribution is -0.912. The molecular formula is C21H28BrN2O3S+. The molecule has 0 saturated heterocycles. The Labute approximate surface area is 176 Å². The molecule has 5 nitrogen and oxygen atoms in total. The minimum Gasteiger partial charge on any atom is -0.356 e. The summed E-state index contributed by atoms with van der Waals surface area (Å²) in [7, 11) is -3.44. The molecule has 1 amide bonds. The van der Waals surface area contributed by atoms with Gasteiger partial charge in [0, 0.05) is 29.4 Å². The van der Waals surface area contributed by atoms with Gasteiger partial charge in [-0.1, -0.05) is 46.3 Å². The predicted molar refractivity (Wildman–Crippen MR) is 115 cm³/mol. The van der Waals surface area contributed by atoms with Gasteiger partial charge in [0.2, 0.25) is 5.91 Å². The number of hydrogen-bond donors (Lipinski definition) is 2. The second kappa shape index (κ2) is 11.3. The summed E-state index contributed by atoms with van der Waals surface area (Å²) < 4.78 is 25.4. The fourth-order valence-corrected chi connectivity index (χ4v) is 4.42. The molecule has 1 atom stereocenters. The van der Waals surface area contributed by atoms with Crippen LogP contribution in [0.4, 0.5) is 0 Å². The van der Waals surface area contributed by atoms with Gasteiger partial charge in [-0.2, -0.15) is 0 Å². The highest BCUT2D eigenvalue weighted by Crippen LogP contribution is 2.16. The fraction of sp³-hybridized carbons (Fsp3) is 0.381. The Morgan fingerprint density at radius 2 is 1.75 bits per heavy atom. The molecule has 28 heavy (non-hydrogen) atoms. The van der Waals surface area contributed by atoms with Crippen LogP contribution in [0.25, 0.3) is 0 Å². The van der Waals surface area contributed by atoms with Crippen LogP contribution in [0, 0.1) is 0 Å². The number of quaternary nitrogens is 1. The van der Waals surface area contributed by atoms with Gasteiger partial charge in [-0.15, -0.1) is 0 Å². The number of nitrogens with one attached hydrogen (secondary N) is 2. The van der Waals surface area contributed by atoms with Crippen molar-refractivity contribution in [1.82, 2.24) is 5.32 Å². The molecule has 152 valence electrons. The lowest BCUT2D eigenvalue weighted by Crippen LogP contribution is -3.10. The molecule has 1 unspecified atom stereocenters. The molecule has 0 aliphatic heterocycles. The van der Waals surface area contributed by atoms with Crippen LogP contribution >= 0.6 is 15.9 Å². The average Bonchev–Trinajstić information content (AvgIpc) is 2.70. The van der Waals surface area contributed by atoms with E-state index in [-0.39, 0.29) is 23.0 Å². The highest BCUT2D eigenvalue weighted by molar-refractivity contribution is 9.10. The third-order valence-electron chi connectivity index (χ3n) is 4.60. The summed E-state index contributed by atoms with van der Waals surface area (Å²) in [5, 5.41) is 2.83. The van der Waals surface area contributed by atoms with Crippen molar-refractivity contribution in [2.45, 2.75) is 31.2 Å². The van der Waals surface area contributed by atoms with Crippen molar-refractivity contribution >= 4 is 31.7 Å². The first-order valence-electron chi connectivity index (χ1n) is 9.53. The highest BCUT2D eigenvalue weighted by atomic mass is 79.9. The summed E-state index contributed by atoms with van der Waals surface area (Å²) in [6.07, 6.45) is 0.841. The number of sulfone groups is 1. The van der Waals surface area contributed by atoms with E-state index in [4.69, 9.17) is 0 Å². The Kier molecular flexibility index (Phi) is 9.15. The van der Waals surface area contributed by atoms with Gasteiger partial charge in [0.25, 0.3) is 0 Å². The third-order valence-corrected chi connectivity index (χ3v) is 6.86. The standard InChI is InChI=1S/C21H27BrN2O3S/c1-2-24(17-18-7-4-3-5-8-18)15-6-14-23-21(25)13-16-28(26,27)20-11-9-19(22)10-12-20/h3-5,7-12H,2,6,13-17H2,1H3,(H,23,25)/p+1. The molecule has 2 aromatic rings. The maximum absolute atomic E-state index is 12.3. The lowest BCUT2D eigenvalue weighted by Gasteiger charge is -2.17. The van der Waals surface area contributed by atoms with E-state index in [1.165, 1.54) is 10.5 Å². The summed E-state index contributed by atoms with van der Waals surface area (Å²) in [5.41, 5.74) is 1.31. The largest absolute Gasteiger partial charge is 0.356 e. The first-order valence-corrected chi connectivity index (χ1v) is 12.0. The van der Waals surface area contributed by atoms with Crippen LogP contribution in [0.15, 0.2) is 64.0 Å². The molecule has 0 heterocycles. The SMILES string of the molecule is CC[NH+](CCCNC(=O)CCS(=O)(=O)c1ccc(Br)cc1)Cc1ccccc1. The number of halogens is 1. The van der Waals surface area contributed by atoms with Crippen LogP contribution in [0.2, 0.25) is 0 Å². The zero-order chi connectivity index (χ0) is 20.4. The van der Waals surface area contributed by atoms with Gasteiger partial charge in [-0.25, -0.2) is 8.42 Å². The summed E-state index contributed by atoms with van der Waals surface area (Å²) >= 11 is 3.28. The van der Waals surface area contributed by atoms with E-state index in [1.54, 1.807) is 24.3 Å². The monoisotopic (exact) mass is 467 g/mol. The lowest BCUT2D eigenvalue weighted by atomic mass is 10.2. The second-order valence-electron chi connectivity index (χ2n) is 6.74. The van der Waals surface area contributed by atoms with E-state index in [9.17, 15) is 13.2 Å². The second-order valence-corrected chi connectivity index (χ2v) is 9.77. The van der Waals surface area contributed by atoms with Crippen LogP contribution < -0.4 is 10.2 Å². The van der Waals surface area contributed by atoms with Crippen molar-refractivity contribution in [3.63, 3.8) is 0 Å². The van der Waals surface area contributed by atoms with Crippen LogP contribution in [-0.2, 0) is 21.2 Å². The Hall–Kier alpha value is -1.70. The van der Waals surface area contributed by atoms with Gasteiger partial charge < -0.3 is 10.2 Å². The number of benzene rings is 2. The van der Waals surface area contributed by atoms with Crippen LogP contribution in [0.1, 0.15) is 25.3 Å². The van der Waals surface area contributed by atoms with E-state index >= 15 is 0 Å². The zero-order valence-corrected chi connectivity index (χ0v) is 18.6. The third kappa shape index (κ3) is 7.73. The average molecular weight is 468 g/mol. The van der Waals surface area contributed by atoms with Crippen molar-refractivity contribution in [3.8, 4) is 0 Å². The van der Waals surface area contributed by atoms with Gasteiger partial charge in [-0.05, 0) is 31.2 Å². The van der Waals surface area contributed by atoms with Crippen LogP contribution in [-0.4, -0.2) is 39.7 Å².